The van der Waals surface area contributed by atoms with Gasteiger partial charge >= 0.3 is 0 Å². The molecule has 3 rings (SSSR count). The first kappa shape index (κ1) is 29.7. The SMILES string of the molecule is CNC(=O)C(Cc1ccccc1)N(Cc1cccc(OC)c1)C(=O)CCCN(c1ccc(C)cc1)S(C)(=O)=O. The van der Waals surface area contributed by atoms with Crippen LogP contribution >= 0.6 is 0 Å². The first-order valence-electron chi connectivity index (χ1n) is 12.8. The summed E-state index contributed by atoms with van der Waals surface area (Å²) in [5, 5.41) is 2.70. The van der Waals surface area contributed by atoms with Gasteiger partial charge in [-0.15, -0.1) is 0 Å². The average Bonchev–Trinajstić information content (AvgIpc) is 2.93. The summed E-state index contributed by atoms with van der Waals surface area (Å²) >= 11 is 0. The molecule has 0 aliphatic rings. The second-order valence-corrected chi connectivity index (χ2v) is 11.4. The average molecular weight is 552 g/mol. The Morgan fingerprint density at radius 1 is 0.949 bits per heavy atom. The molecule has 9 heteroatoms. The lowest BCUT2D eigenvalue weighted by molar-refractivity contribution is -0.141. The highest BCUT2D eigenvalue weighted by Crippen LogP contribution is 2.21. The molecule has 0 aliphatic carbocycles. The molecular weight excluding hydrogens is 514 g/mol. The number of methoxy groups -OCH3 is 1. The van der Waals surface area contributed by atoms with Gasteiger partial charge in [0.2, 0.25) is 21.8 Å². The number of aryl methyl sites for hydroxylation is 1. The first-order valence-corrected chi connectivity index (χ1v) is 14.7. The highest BCUT2D eigenvalue weighted by molar-refractivity contribution is 7.92. The molecule has 1 atom stereocenters. The molecule has 1 N–H and O–H groups in total. The fourth-order valence-corrected chi connectivity index (χ4v) is 5.37. The van der Waals surface area contributed by atoms with E-state index in [9.17, 15) is 18.0 Å². The third-order valence-corrected chi connectivity index (χ3v) is 7.67. The molecule has 208 valence electrons. The van der Waals surface area contributed by atoms with Crippen molar-refractivity contribution in [1.29, 1.82) is 0 Å². The Morgan fingerprint density at radius 3 is 2.23 bits per heavy atom. The van der Waals surface area contributed by atoms with Gasteiger partial charge in [-0.2, -0.15) is 0 Å². The van der Waals surface area contributed by atoms with Crippen LogP contribution in [-0.4, -0.2) is 58.1 Å². The molecule has 0 heterocycles. The predicted molar refractivity (Wildman–Crippen MR) is 154 cm³/mol. The summed E-state index contributed by atoms with van der Waals surface area (Å²) in [5.41, 5.74) is 3.32. The molecule has 2 amide bonds. The standard InChI is InChI=1S/C30H37N3O5S/c1-23-15-17-26(18-16-23)33(39(4,36)37)19-9-14-29(34)32(22-25-12-8-13-27(20-25)38-3)28(30(35)31-2)21-24-10-6-5-7-11-24/h5-8,10-13,15-18,20,28H,9,14,19,21-22H2,1-4H3,(H,31,35). The van der Waals surface area contributed by atoms with Gasteiger partial charge in [-0.05, 0) is 48.7 Å². The number of nitrogens with one attached hydrogen (secondary N) is 1. The van der Waals surface area contributed by atoms with E-state index in [-0.39, 0.29) is 31.3 Å². The normalized spacial score (nSPS) is 11.9. The Bertz CT molecular complexity index is 1340. The monoisotopic (exact) mass is 551 g/mol. The number of hydrogen-bond donors (Lipinski definition) is 1. The van der Waals surface area contributed by atoms with E-state index in [0.29, 0.717) is 24.3 Å². The maximum atomic E-state index is 13.7. The van der Waals surface area contributed by atoms with E-state index in [1.54, 1.807) is 31.2 Å². The van der Waals surface area contributed by atoms with Crippen molar-refractivity contribution in [2.75, 3.05) is 31.3 Å². The fraction of sp³-hybridized carbons (Fsp3) is 0.333. The number of carbonyl (C=O) groups is 2. The van der Waals surface area contributed by atoms with Crippen LogP contribution in [0.25, 0.3) is 0 Å². The van der Waals surface area contributed by atoms with Gasteiger partial charge in [-0.25, -0.2) is 8.42 Å². The number of nitrogens with zero attached hydrogens (tertiary/aromatic N) is 2. The van der Waals surface area contributed by atoms with E-state index in [4.69, 9.17) is 4.74 Å². The minimum Gasteiger partial charge on any atom is -0.497 e. The zero-order valence-electron chi connectivity index (χ0n) is 23.0. The summed E-state index contributed by atoms with van der Waals surface area (Å²) in [7, 11) is -0.418. The van der Waals surface area contributed by atoms with Gasteiger partial charge in [0, 0.05) is 33.0 Å². The molecule has 1 unspecified atom stereocenters. The van der Waals surface area contributed by atoms with Crippen molar-refractivity contribution in [3.63, 3.8) is 0 Å². The van der Waals surface area contributed by atoms with Crippen molar-refractivity contribution in [2.45, 2.75) is 38.8 Å². The van der Waals surface area contributed by atoms with Crippen molar-refractivity contribution in [3.05, 3.63) is 95.6 Å². The number of benzene rings is 3. The molecular formula is C30H37N3O5S. The number of anilines is 1. The highest BCUT2D eigenvalue weighted by atomic mass is 32.2. The van der Waals surface area contributed by atoms with Gasteiger partial charge in [0.25, 0.3) is 0 Å². The predicted octanol–water partition coefficient (Wildman–Crippen LogP) is 3.94. The van der Waals surface area contributed by atoms with Crippen LogP contribution in [0.2, 0.25) is 0 Å². The quantitative estimate of drug-likeness (QED) is 0.347. The number of hydrogen-bond acceptors (Lipinski definition) is 5. The zero-order valence-corrected chi connectivity index (χ0v) is 23.8. The van der Waals surface area contributed by atoms with Crippen LogP contribution in [0.3, 0.4) is 0 Å². The van der Waals surface area contributed by atoms with Crippen LogP contribution in [-0.2, 0) is 32.6 Å². The van der Waals surface area contributed by atoms with Crippen molar-refractivity contribution in [1.82, 2.24) is 10.2 Å². The summed E-state index contributed by atoms with van der Waals surface area (Å²) in [6.45, 7) is 2.28. The zero-order chi connectivity index (χ0) is 28.4. The number of carbonyl (C=O) groups excluding carboxylic acids is 2. The molecule has 0 spiro atoms. The molecule has 3 aromatic rings. The summed E-state index contributed by atoms with van der Waals surface area (Å²) in [4.78, 5) is 28.4. The molecule has 0 aromatic heterocycles. The first-order chi connectivity index (χ1) is 18.6. The fourth-order valence-electron chi connectivity index (χ4n) is 4.40. The molecule has 39 heavy (non-hydrogen) atoms. The minimum absolute atomic E-state index is 0.0735. The molecule has 0 fully saturated rings. The summed E-state index contributed by atoms with van der Waals surface area (Å²) in [5.74, 6) is 0.147. The third kappa shape index (κ3) is 8.58. The Balaban J connectivity index is 1.85. The van der Waals surface area contributed by atoms with Crippen LogP contribution in [0.5, 0.6) is 5.75 Å². The maximum Gasteiger partial charge on any atom is 0.242 e. The van der Waals surface area contributed by atoms with Crippen molar-refractivity contribution < 1.29 is 22.7 Å². The van der Waals surface area contributed by atoms with Crippen LogP contribution < -0.4 is 14.4 Å². The third-order valence-electron chi connectivity index (χ3n) is 6.48. The van der Waals surface area contributed by atoms with Crippen molar-refractivity contribution in [2.24, 2.45) is 0 Å². The largest absolute Gasteiger partial charge is 0.497 e. The smallest absolute Gasteiger partial charge is 0.242 e. The van der Waals surface area contributed by atoms with Gasteiger partial charge in [0.1, 0.15) is 11.8 Å². The molecule has 0 radical (unpaired) electrons. The van der Waals surface area contributed by atoms with E-state index in [1.165, 1.54) is 4.31 Å². The lowest BCUT2D eigenvalue weighted by atomic mass is 10.0. The highest BCUT2D eigenvalue weighted by Gasteiger charge is 2.30. The number of ether oxygens (including phenoxy) is 1. The molecule has 8 nitrogen and oxygen atoms in total. The number of likely N-dealkylation sites (N-methyl/N-ethyl adjacent to an activating group) is 1. The van der Waals surface area contributed by atoms with Gasteiger partial charge in [0.05, 0.1) is 19.1 Å². The van der Waals surface area contributed by atoms with Gasteiger partial charge in [-0.3, -0.25) is 13.9 Å². The van der Waals surface area contributed by atoms with Gasteiger partial charge < -0.3 is 15.0 Å². The molecule has 0 aliphatic heterocycles. The lowest BCUT2D eigenvalue weighted by Crippen LogP contribution is -2.49. The lowest BCUT2D eigenvalue weighted by Gasteiger charge is -2.31. The van der Waals surface area contributed by atoms with Crippen molar-refractivity contribution >= 4 is 27.5 Å². The van der Waals surface area contributed by atoms with Crippen LogP contribution in [0.4, 0.5) is 5.69 Å². The molecule has 3 aromatic carbocycles. The Hall–Kier alpha value is -3.85. The van der Waals surface area contributed by atoms with E-state index in [0.717, 1.165) is 22.9 Å². The van der Waals surface area contributed by atoms with Crippen LogP contribution in [0.15, 0.2) is 78.9 Å². The minimum atomic E-state index is -3.55. The summed E-state index contributed by atoms with van der Waals surface area (Å²) in [6.07, 6.45) is 1.87. The van der Waals surface area contributed by atoms with Crippen LogP contribution in [0, 0.1) is 6.92 Å². The molecule has 0 saturated carbocycles. The summed E-state index contributed by atoms with van der Waals surface area (Å²) < 4.78 is 31.7. The molecule has 0 bridgehead atoms. The van der Waals surface area contributed by atoms with E-state index in [1.807, 2.05) is 73.7 Å². The molecule has 0 saturated heterocycles. The number of sulfonamides is 1. The van der Waals surface area contributed by atoms with Crippen LogP contribution in [0.1, 0.15) is 29.5 Å². The van der Waals surface area contributed by atoms with Crippen molar-refractivity contribution in [3.8, 4) is 5.75 Å². The van der Waals surface area contributed by atoms with Gasteiger partial charge in [-0.1, -0.05) is 60.2 Å². The topological polar surface area (TPSA) is 96.0 Å². The number of rotatable bonds is 13. The van der Waals surface area contributed by atoms with E-state index < -0.39 is 16.1 Å². The Kier molecular flexibility index (Phi) is 10.5. The van der Waals surface area contributed by atoms with E-state index >= 15 is 0 Å². The second kappa shape index (κ2) is 13.8. The van der Waals surface area contributed by atoms with E-state index in [2.05, 4.69) is 5.32 Å². The second-order valence-electron chi connectivity index (χ2n) is 9.47. The Labute approximate surface area is 231 Å². The maximum absolute atomic E-state index is 13.7. The summed E-state index contributed by atoms with van der Waals surface area (Å²) in [6, 6.07) is 23.4. The Morgan fingerprint density at radius 2 is 1.62 bits per heavy atom. The van der Waals surface area contributed by atoms with Gasteiger partial charge in [0.15, 0.2) is 0 Å². The number of amides is 2.